The minimum absolute atomic E-state index is 0.142. The van der Waals surface area contributed by atoms with E-state index in [1.165, 1.54) is 0 Å². The molecule has 3 rings (SSSR count). The highest BCUT2D eigenvalue weighted by Gasteiger charge is 2.50. The molecule has 25 heavy (non-hydrogen) atoms. The fraction of sp³-hybridized carbons (Fsp3) is 0.812. The number of aliphatic carboxylic acids is 1. The Hall–Kier alpha value is -1.23. The van der Waals surface area contributed by atoms with E-state index < -0.39 is 49.6 Å². The van der Waals surface area contributed by atoms with Crippen LogP contribution in [0.5, 0.6) is 0 Å². The summed E-state index contributed by atoms with van der Waals surface area (Å²) >= 11 is 0. The normalized spacial score (nSPS) is 46.9. The lowest BCUT2D eigenvalue weighted by molar-refractivity contribution is -0.342. The summed E-state index contributed by atoms with van der Waals surface area (Å²) in [6.45, 7) is 1.42. The van der Waals surface area contributed by atoms with Crippen LogP contribution in [-0.2, 0) is 19.0 Å². The van der Waals surface area contributed by atoms with Gasteiger partial charge in [-0.05, 0) is 18.8 Å². The second-order valence-electron chi connectivity index (χ2n) is 6.95. The van der Waals surface area contributed by atoms with E-state index in [0.717, 1.165) is 12.7 Å². The van der Waals surface area contributed by atoms with Crippen molar-refractivity contribution in [2.45, 2.75) is 56.8 Å². The maximum atomic E-state index is 11.4. The zero-order valence-electron chi connectivity index (χ0n) is 13.8. The Morgan fingerprint density at radius 3 is 2.56 bits per heavy atom. The quantitative estimate of drug-likeness (QED) is 0.417. The van der Waals surface area contributed by atoms with E-state index in [-0.39, 0.29) is 23.3 Å². The smallest absolute Gasteiger partial charge is 0.334 e. The largest absolute Gasteiger partial charge is 0.478 e. The highest BCUT2D eigenvalue weighted by atomic mass is 16.8. The summed E-state index contributed by atoms with van der Waals surface area (Å²) < 4.78 is 16.5. The lowest BCUT2D eigenvalue weighted by Gasteiger charge is -2.43. The molecule has 1 saturated carbocycles. The van der Waals surface area contributed by atoms with Gasteiger partial charge < -0.3 is 39.7 Å². The number of aliphatic hydroxyl groups is 4. The molecule has 142 valence electrons. The van der Waals surface area contributed by atoms with Gasteiger partial charge in [0.25, 0.3) is 0 Å². The van der Waals surface area contributed by atoms with Crippen LogP contribution in [-0.4, -0.2) is 75.1 Å². The van der Waals surface area contributed by atoms with E-state index in [1.807, 2.05) is 6.92 Å². The molecule has 3 aliphatic rings. The molecule has 0 bridgehead atoms. The number of carbonyl (C=O) groups is 1. The van der Waals surface area contributed by atoms with Gasteiger partial charge in [-0.3, -0.25) is 0 Å². The Morgan fingerprint density at radius 2 is 1.92 bits per heavy atom. The number of hydrogen-bond acceptors (Lipinski definition) is 8. The topological polar surface area (TPSA) is 146 Å². The van der Waals surface area contributed by atoms with Crippen molar-refractivity contribution in [1.29, 1.82) is 0 Å². The minimum atomic E-state index is -1.54. The van der Waals surface area contributed by atoms with Crippen molar-refractivity contribution >= 4 is 5.97 Å². The van der Waals surface area contributed by atoms with Gasteiger partial charge in [-0.2, -0.15) is 0 Å². The fourth-order valence-electron chi connectivity index (χ4n) is 4.01. The van der Waals surface area contributed by atoms with E-state index in [9.17, 15) is 30.3 Å². The predicted molar refractivity (Wildman–Crippen MR) is 80.8 cm³/mol. The number of fused-ring (bicyclic) bond motifs is 1. The van der Waals surface area contributed by atoms with E-state index in [1.54, 1.807) is 0 Å². The SMILES string of the molecule is C[C@H]1CC[C@H]2C(C(=O)O)=CO[C@H](O[C@@H]3O[C@H](CO)[C@@H](O)[C@H](O)[C@H]3O)[C@@H]12. The third-order valence-corrected chi connectivity index (χ3v) is 5.46. The van der Waals surface area contributed by atoms with Gasteiger partial charge in [0.1, 0.15) is 24.4 Å². The lowest BCUT2D eigenvalue weighted by Crippen LogP contribution is -2.60. The van der Waals surface area contributed by atoms with Crippen molar-refractivity contribution in [3.63, 3.8) is 0 Å². The molecule has 0 amide bonds. The number of ether oxygens (including phenoxy) is 3. The van der Waals surface area contributed by atoms with Crippen LogP contribution in [0.3, 0.4) is 0 Å². The first-order chi connectivity index (χ1) is 11.8. The van der Waals surface area contributed by atoms with Crippen molar-refractivity contribution in [1.82, 2.24) is 0 Å². The highest BCUT2D eigenvalue weighted by molar-refractivity contribution is 5.87. The molecule has 2 fully saturated rings. The first-order valence-corrected chi connectivity index (χ1v) is 8.40. The summed E-state index contributed by atoms with van der Waals surface area (Å²) in [6.07, 6.45) is -5.10. The average Bonchev–Trinajstić information content (AvgIpc) is 2.97. The Morgan fingerprint density at radius 1 is 1.20 bits per heavy atom. The monoisotopic (exact) mass is 360 g/mol. The minimum Gasteiger partial charge on any atom is -0.478 e. The molecule has 1 aliphatic carbocycles. The van der Waals surface area contributed by atoms with Crippen LogP contribution in [0.25, 0.3) is 0 Å². The number of carboxylic acids is 1. The van der Waals surface area contributed by atoms with Crippen LogP contribution in [0.15, 0.2) is 11.8 Å². The predicted octanol–water partition coefficient (Wildman–Crippen LogP) is -1.21. The molecule has 2 heterocycles. The Kier molecular flexibility index (Phi) is 5.33. The van der Waals surface area contributed by atoms with Gasteiger partial charge in [0.15, 0.2) is 6.29 Å². The molecule has 2 aliphatic heterocycles. The lowest BCUT2D eigenvalue weighted by atomic mass is 9.83. The maximum absolute atomic E-state index is 11.4. The van der Waals surface area contributed by atoms with Crippen molar-refractivity contribution in [3.8, 4) is 0 Å². The van der Waals surface area contributed by atoms with E-state index in [2.05, 4.69) is 0 Å². The van der Waals surface area contributed by atoms with Gasteiger partial charge in [-0.15, -0.1) is 0 Å². The van der Waals surface area contributed by atoms with Crippen molar-refractivity contribution in [2.75, 3.05) is 6.61 Å². The van der Waals surface area contributed by atoms with Crippen LogP contribution < -0.4 is 0 Å². The number of hydrogen-bond donors (Lipinski definition) is 5. The molecule has 0 aromatic carbocycles. The van der Waals surface area contributed by atoms with Crippen molar-refractivity contribution < 1.29 is 44.5 Å². The molecule has 0 spiro atoms. The number of aliphatic hydroxyl groups excluding tert-OH is 4. The van der Waals surface area contributed by atoms with Gasteiger partial charge in [0.05, 0.1) is 18.4 Å². The molecular weight excluding hydrogens is 336 g/mol. The Labute approximate surface area is 144 Å². The molecule has 0 aromatic rings. The zero-order chi connectivity index (χ0) is 18.3. The van der Waals surface area contributed by atoms with Crippen LogP contribution in [0.1, 0.15) is 19.8 Å². The summed E-state index contributed by atoms with van der Waals surface area (Å²) in [5, 5.41) is 48.3. The van der Waals surface area contributed by atoms with Gasteiger partial charge >= 0.3 is 5.97 Å². The summed E-state index contributed by atoms with van der Waals surface area (Å²) in [5.41, 5.74) is 0.197. The summed E-state index contributed by atoms with van der Waals surface area (Å²) in [4.78, 5) is 11.4. The van der Waals surface area contributed by atoms with Crippen LogP contribution >= 0.6 is 0 Å². The first kappa shape index (κ1) is 18.6. The highest BCUT2D eigenvalue weighted by Crippen LogP contribution is 2.47. The second-order valence-corrected chi connectivity index (χ2v) is 6.95. The molecule has 9 atom stereocenters. The van der Waals surface area contributed by atoms with Crippen molar-refractivity contribution in [2.24, 2.45) is 17.8 Å². The second kappa shape index (κ2) is 7.18. The molecule has 5 N–H and O–H groups in total. The van der Waals surface area contributed by atoms with E-state index >= 15 is 0 Å². The molecule has 9 heteroatoms. The maximum Gasteiger partial charge on any atom is 0.334 e. The van der Waals surface area contributed by atoms with Crippen LogP contribution in [0.4, 0.5) is 0 Å². The van der Waals surface area contributed by atoms with Gasteiger partial charge in [0.2, 0.25) is 6.29 Å². The Balaban J connectivity index is 1.77. The average molecular weight is 360 g/mol. The summed E-state index contributed by atoms with van der Waals surface area (Å²) in [6, 6.07) is 0. The molecule has 9 nitrogen and oxygen atoms in total. The zero-order valence-corrected chi connectivity index (χ0v) is 13.8. The number of carboxylic acid groups (broad SMARTS) is 1. The molecule has 0 unspecified atom stereocenters. The molecule has 1 saturated heterocycles. The third-order valence-electron chi connectivity index (χ3n) is 5.46. The first-order valence-electron chi connectivity index (χ1n) is 8.40. The van der Waals surface area contributed by atoms with Crippen molar-refractivity contribution in [3.05, 3.63) is 11.8 Å². The standard InChI is InChI=1S/C16H24O9/c1-6-2-3-7-8(14(21)22)5-23-15(10(6)7)25-16-13(20)12(19)11(18)9(4-17)24-16/h5-7,9-13,15-20H,2-4H2,1H3,(H,21,22)/t6-,7-,9+,10-,11+,12-,13+,15+,16-/m0/s1. The van der Waals surface area contributed by atoms with Gasteiger partial charge in [-0.1, -0.05) is 6.92 Å². The fourth-order valence-corrected chi connectivity index (χ4v) is 4.01. The van der Waals surface area contributed by atoms with Crippen LogP contribution in [0, 0.1) is 17.8 Å². The van der Waals surface area contributed by atoms with E-state index in [0.29, 0.717) is 6.42 Å². The van der Waals surface area contributed by atoms with Crippen LogP contribution in [0.2, 0.25) is 0 Å². The summed E-state index contributed by atoms with van der Waals surface area (Å²) in [5.74, 6) is -1.35. The van der Waals surface area contributed by atoms with Gasteiger partial charge in [0, 0.05) is 11.8 Å². The van der Waals surface area contributed by atoms with E-state index in [4.69, 9.17) is 14.2 Å². The van der Waals surface area contributed by atoms with Gasteiger partial charge in [-0.25, -0.2) is 4.79 Å². The summed E-state index contributed by atoms with van der Waals surface area (Å²) in [7, 11) is 0. The molecule has 0 radical (unpaired) electrons. The third kappa shape index (κ3) is 3.27. The molecule has 0 aromatic heterocycles. The number of rotatable bonds is 4. The molecular formula is C16H24O9. The Bertz CT molecular complexity index is 534.